The third-order valence-electron chi connectivity index (χ3n) is 3.92. The fraction of sp³-hybridized carbons (Fsp3) is 0.611. The van der Waals surface area contributed by atoms with Crippen LogP contribution in [0.4, 0.5) is 0 Å². The number of benzene rings is 1. The molecule has 1 aliphatic rings. The van der Waals surface area contributed by atoms with Crippen LogP contribution in [0.1, 0.15) is 26.3 Å². The molecule has 0 amide bonds. The first kappa shape index (κ1) is 22.2. The van der Waals surface area contributed by atoms with Crippen LogP contribution in [0.2, 0.25) is 0 Å². The highest BCUT2D eigenvalue weighted by Gasteiger charge is 2.28. The number of hydrogen-bond donors (Lipinski definition) is 1. The number of nitrogens with zero attached hydrogens (tertiary/aromatic N) is 2. The smallest absolute Gasteiger partial charge is 0.193 e. The molecule has 1 aromatic rings. The van der Waals surface area contributed by atoms with Crippen LogP contribution in [0.25, 0.3) is 0 Å². The van der Waals surface area contributed by atoms with Gasteiger partial charge in [-0.25, -0.2) is 0 Å². The van der Waals surface area contributed by atoms with E-state index in [0.29, 0.717) is 13.2 Å². The number of methoxy groups -OCH3 is 1. The van der Waals surface area contributed by atoms with Gasteiger partial charge in [-0.3, -0.25) is 4.99 Å². The number of thioether (sulfide) groups is 1. The number of hydrogen-bond acceptors (Lipinski definition) is 4. The molecule has 1 N–H and O–H groups in total. The van der Waals surface area contributed by atoms with Crippen molar-refractivity contribution < 1.29 is 9.47 Å². The molecule has 1 aliphatic heterocycles. The monoisotopic (exact) mass is 479 g/mol. The molecule has 0 unspecified atom stereocenters. The van der Waals surface area contributed by atoms with E-state index in [0.717, 1.165) is 41.9 Å². The molecule has 0 aliphatic carbocycles. The number of ether oxygens (including phenoxy) is 2. The first-order valence-corrected chi connectivity index (χ1v) is 9.37. The van der Waals surface area contributed by atoms with Gasteiger partial charge in [0.15, 0.2) is 17.5 Å². The standard InChI is InChI=1S/C18H29N3O2S.HI/c1-6-23-15-8-7-14(11-16(15)22-5)12-20-17(19-4)21-9-10-24-18(2,3)13-21;/h7-8,11H,6,9-10,12-13H2,1-5H3,(H,19,20);1H. The third kappa shape index (κ3) is 6.44. The predicted molar refractivity (Wildman–Crippen MR) is 118 cm³/mol. The Bertz CT molecular complexity index is 581. The molecule has 142 valence electrons. The lowest BCUT2D eigenvalue weighted by molar-refractivity contribution is 0.310. The fourth-order valence-corrected chi connectivity index (χ4v) is 3.92. The van der Waals surface area contributed by atoms with Crippen LogP contribution in [0.15, 0.2) is 23.2 Å². The van der Waals surface area contributed by atoms with E-state index >= 15 is 0 Å². The molecule has 1 aromatic carbocycles. The highest BCUT2D eigenvalue weighted by Crippen LogP contribution is 2.30. The van der Waals surface area contributed by atoms with Crippen LogP contribution < -0.4 is 14.8 Å². The van der Waals surface area contributed by atoms with Gasteiger partial charge in [-0.1, -0.05) is 6.07 Å². The van der Waals surface area contributed by atoms with Gasteiger partial charge in [0.05, 0.1) is 13.7 Å². The maximum Gasteiger partial charge on any atom is 0.193 e. The highest BCUT2D eigenvalue weighted by molar-refractivity contribution is 14.0. The van der Waals surface area contributed by atoms with Crippen LogP contribution in [0, 0.1) is 0 Å². The van der Waals surface area contributed by atoms with Gasteiger partial charge < -0.3 is 19.7 Å². The molecular formula is C18H30IN3O2S. The van der Waals surface area contributed by atoms with Crippen molar-refractivity contribution in [1.82, 2.24) is 10.2 Å². The van der Waals surface area contributed by atoms with E-state index in [9.17, 15) is 0 Å². The summed E-state index contributed by atoms with van der Waals surface area (Å²) >= 11 is 2.02. The lowest BCUT2D eigenvalue weighted by Gasteiger charge is -2.39. The highest BCUT2D eigenvalue weighted by atomic mass is 127. The topological polar surface area (TPSA) is 46.1 Å². The number of rotatable bonds is 5. The summed E-state index contributed by atoms with van der Waals surface area (Å²) in [6.45, 7) is 9.91. The second kappa shape index (κ2) is 10.4. The fourth-order valence-electron chi connectivity index (χ4n) is 2.81. The Kier molecular flexibility index (Phi) is 9.20. The predicted octanol–water partition coefficient (Wildman–Crippen LogP) is 3.61. The largest absolute Gasteiger partial charge is 0.493 e. The summed E-state index contributed by atoms with van der Waals surface area (Å²) in [5, 5.41) is 3.47. The summed E-state index contributed by atoms with van der Waals surface area (Å²) in [6.07, 6.45) is 0. The van der Waals surface area contributed by atoms with Gasteiger partial charge in [-0.2, -0.15) is 11.8 Å². The second-order valence-corrected chi connectivity index (χ2v) is 8.15. The summed E-state index contributed by atoms with van der Waals surface area (Å²) < 4.78 is 11.2. The maximum absolute atomic E-state index is 5.57. The van der Waals surface area contributed by atoms with Crippen molar-refractivity contribution in [2.75, 3.05) is 39.6 Å². The minimum absolute atomic E-state index is 0. The molecule has 0 saturated carbocycles. The van der Waals surface area contributed by atoms with Crippen molar-refractivity contribution in [1.29, 1.82) is 0 Å². The van der Waals surface area contributed by atoms with Crippen molar-refractivity contribution in [2.45, 2.75) is 32.1 Å². The van der Waals surface area contributed by atoms with E-state index in [-0.39, 0.29) is 28.7 Å². The van der Waals surface area contributed by atoms with E-state index in [1.807, 2.05) is 37.9 Å². The zero-order chi connectivity index (χ0) is 17.6. The average molecular weight is 479 g/mol. The summed E-state index contributed by atoms with van der Waals surface area (Å²) in [4.78, 5) is 6.78. The van der Waals surface area contributed by atoms with Crippen molar-refractivity contribution in [3.8, 4) is 11.5 Å². The molecule has 1 heterocycles. The zero-order valence-corrected chi connectivity index (χ0v) is 18.9. The normalized spacial score (nSPS) is 16.8. The molecule has 25 heavy (non-hydrogen) atoms. The van der Waals surface area contributed by atoms with Crippen LogP contribution >= 0.6 is 35.7 Å². The van der Waals surface area contributed by atoms with E-state index < -0.39 is 0 Å². The average Bonchev–Trinajstić information content (AvgIpc) is 2.56. The summed E-state index contributed by atoms with van der Waals surface area (Å²) in [7, 11) is 3.51. The van der Waals surface area contributed by atoms with Crippen LogP contribution in [0.5, 0.6) is 11.5 Å². The number of guanidine groups is 1. The van der Waals surface area contributed by atoms with Crippen molar-refractivity contribution in [3.05, 3.63) is 23.8 Å². The summed E-state index contributed by atoms with van der Waals surface area (Å²) in [6, 6.07) is 6.04. The van der Waals surface area contributed by atoms with Crippen LogP contribution in [-0.4, -0.2) is 55.2 Å². The summed E-state index contributed by atoms with van der Waals surface area (Å²) in [5.41, 5.74) is 1.14. The minimum atomic E-state index is 0. The second-order valence-electron chi connectivity index (χ2n) is 6.35. The number of nitrogens with one attached hydrogen (secondary N) is 1. The Labute approximate surface area is 173 Å². The minimum Gasteiger partial charge on any atom is -0.493 e. The summed E-state index contributed by atoms with van der Waals surface area (Å²) in [5.74, 6) is 3.63. The molecule has 0 aromatic heterocycles. The first-order chi connectivity index (χ1) is 11.5. The molecule has 1 fully saturated rings. The lowest BCUT2D eigenvalue weighted by atomic mass is 10.2. The Morgan fingerprint density at radius 1 is 1.36 bits per heavy atom. The Morgan fingerprint density at radius 2 is 2.12 bits per heavy atom. The first-order valence-electron chi connectivity index (χ1n) is 8.38. The van der Waals surface area contributed by atoms with Crippen molar-refractivity contribution >= 4 is 41.7 Å². The molecule has 0 radical (unpaired) electrons. The van der Waals surface area contributed by atoms with Crippen molar-refractivity contribution in [3.63, 3.8) is 0 Å². The molecule has 0 spiro atoms. The lowest BCUT2D eigenvalue weighted by Crippen LogP contribution is -2.50. The third-order valence-corrected chi connectivity index (χ3v) is 5.21. The molecule has 0 bridgehead atoms. The van der Waals surface area contributed by atoms with Gasteiger partial charge in [0.25, 0.3) is 0 Å². The van der Waals surface area contributed by atoms with Gasteiger partial charge in [0.1, 0.15) is 0 Å². The van der Waals surface area contributed by atoms with Crippen LogP contribution in [-0.2, 0) is 6.54 Å². The van der Waals surface area contributed by atoms with Gasteiger partial charge in [0, 0.05) is 37.2 Å². The Morgan fingerprint density at radius 3 is 2.72 bits per heavy atom. The van der Waals surface area contributed by atoms with Gasteiger partial charge in [0.2, 0.25) is 0 Å². The van der Waals surface area contributed by atoms with E-state index in [1.54, 1.807) is 7.11 Å². The van der Waals surface area contributed by atoms with E-state index in [1.165, 1.54) is 0 Å². The van der Waals surface area contributed by atoms with Crippen LogP contribution in [0.3, 0.4) is 0 Å². The maximum atomic E-state index is 5.57. The molecular weight excluding hydrogens is 449 g/mol. The van der Waals surface area contributed by atoms with Crippen molar-refractivity contribution in [2.24, 2.45) is 4.99 Å². The molecule has 0 atom stereocenters. The molecule has 2 rings (SSSR count). The van der Waals surface area contributed by atoms with Gasteiger partial charge >= 0.3 is 0 Å². The molecule has 5 nitrogen and oxygen atoms in total. The Hall–Kier alpha value is -0.830. The molecule has 7 heteroatoms. The van der Waals surface area contributed by atoms with Gasteiger partial charge in [-0.15, -0.1) is 24.0 Å². The Balaban J connectivity index is 0.00000312. The quantitative estimate of drug-likeness (QED) is 0.397. The number of aliphatic imine (C=N–C) groups is 1. The SMILES string of the molecule is CCOc1ccc(CNC(=NC)N2CCSC(C)(C)C2)cc1OC.I. The number of halogens is 1. The van der Waals surface area contributed by atoms with E-state index in [4.69, 9.17) is 9.47 Å². The zero-order valence-electron chi connectivity index (χ0n) is 15.8. The molecule has 1 saturated heterocycles. The van der Waals surface area contributed by atoms with E-state index in [2.05, 4.69) is 35.1 Å². The van der Waals surface area contributed by atoms with Gasteiger partial charge in [-0.05, 0) is 38.5 Å².